The molecule has 1 aliphatic rings. The molecule has 6 nitrogen and oxygen atoms in total. The maximum absolute atomic E-state index is 6.03. The van der Waals surface area contributed by atoms with E-state index in [9.17, 15) is 0 Å². The van der Waals surface area contributed by atoms with E-state index < -0.39 is 0 Å². The van der Waals surface area contributed by atoms with E-state index in [4.69, 9.17) is 16.3 Å². The van der Waals surface area contributed by atoms with Crippen molar-refractivity contribution in [2.75, 3.05) is 24.6 Å². The summed E-state index contributed by atoms with van der Waals surface area (Å²) in [5, 5.41) is 4.63. The van der Waals surface area contributed by atoms with E-state index in [0.29, 0.717) is 10.9 Å². The lowest BCUT2D eigenvalue weighted by atomic mass is 10.3. The number of hydrogen-bond donors (Lipinski definition) is 0. The van der Waals surface area contributed by atoms with E-state index in [-0.39, 0.29) is 6.10 Å². The molecular formula is C11H14ClN5O. The van der Waals surface area contributed by atoms with E-state index in [1.54, 1.807) is 4.52 Å². The van der Waals surface area contributed by atoms with Crippen molar-refractivity contribution in [2.45, 2.75) is 19.4 Å². The Balaban J connectivity index is 2.03. The molecule has 0 radical (unpaired) electrons. The summed E-state index contributed by atoms with van der Waals surface area (Å²) >= 11 is 6.03. The predicted octanol–water partition coefficient (Wildman–Crippen LogP) is 1.39. The molecule has 2 aromatic heterocycles. The third-order valence-electron chi connectivity index (χ3n) is 2.98. The molecule has 3 heterocycles. The van der Waals surface area contributed by atoms with Crippen LogP contribution in [0.3, 0.4) is 0 Å². The molecule has 0 amide bonds. The van der Waals surface area contributed by atoms with Crippen LogP contribution in [0.4, 0.5) is 5.82 Å². The van der Waals surface area contributed by atoms with Crippen LogP contribution in [-0.2, 0) is 4.74 Å². The summed E-state index contributed by atoms with van der Waals surface area (Å²) in [7, 11) is 0. The monoisotopic (exact) mass is 267 g/mol. The van der Waals surface area contributed by atoms with Gasteiger partial charge in [0.2, 0.25) is 0 Å². The van der Waals surface area contributed by atoms with E-state index >= 15 is 0 Å². The first kappa shape index (κ1) is 11.7. The van der Waals surface area contributed by atoms with Crippen LogP contribution in [0.15, 0.2) is 12.4 Å². The van der Waals surface area contributed by atoms with Gasteiger partial charge in [0.25, 0.3) is 5.78 Å². The molecular weight excluding hydrogens is 254 g/mol. The first-order valence-corrected chi connectivity index (χ1v) is 6.34. The number of fused-ring (bicyclic) bond motifs is 1. The summed E-state index contributed by atoms with van der Waals surface area (Å²) in [4.78, 5) is 10.4. The van der Waals surface area contributed by atoms with Gasteiger partial charge in [-0.25, -0.2) is 0 Å². The van der Waals surface area contributed by atoms with Crippen LogP contribution in [0.5, 0.6) is 0 Å². The maximum atomic E-state index is 6.03. The summed E-state index contributed by atoms with van der Waals surface area (Å²) in [6, 6.07) is 1.82. The fraction of sp³-hybridized carbons (Fsp3) is 0.545. The van der Waals surface area contributed by atoms with Crippen LogP contribution >= 0.6 is 11.6 Å². The molecule has 1 atom stereocenters. The Morgan fingerprint density at radius 2 is 2.39 bits per heavy atom. The molecule has 2 aromatic rings. The molecule has 1 aliphatic heterocycles. The number of nitrogens with zero attached hydrogens (tertiary/aromatic N) is 5. The van der Waals surface area contributed by atoms with E-state index in [1.807, 2.05) is 6.07 Å². The van der Waals surface area contributed by atoms with Gasteiger partial charge in [-0.1, -0.05) is 11.6 Å². The Morgan fingerprint density at radius 3 is 3.28 bits per heavy atom. The van der Waals surface area contributed by atoms with Crippen LogP contribution in [0.1, 0.15) is 13.3 Å². The first-order valence-electron chi connectivity index (χ1n) is 5.97. The van der Waals surface area contributed by atoms with Gasteiger partial charge in [-0.3, -0.25) is 0 Å². The maximum Gasteiger partial charge on any atom is 0.255 e. The average molecular weight is 268 g/mol. The third kappa shape index (κ3) is 2.13. The highest BCUT2D eigenvalue weighted by Crippen LogP contribution is 2.21. The van der Waals surface area contributed by atoms with Gasteiger partial charge >= 0.3 is 0 Å². The average Bonchev–Trinajstić information content (AvgIpc) is 2.69. The SMILES string of the molecule is CC1CN(c2cc(Cl)nc3ncnn23)CCCO1. The highest BCUT2D eigenvalue weighted by Gasteiger charge is 2.19. The van der Waals surface area contributed by atoms with Crippen molar-refractivity contribution in [3.63, 3.8) is 0 Å². The molecule has 96 valence electrons. The van der Waals surface area contributed by atoms with Crippen LogP contribution < -0.4 is 4.90 Å². The highest BCUT2D eigenvalue weighted by molar-refractivity contribution is 6.29. The smallest absolute Gasteiger partial charge is 0.255 e. The van der Waals surface area contributed by atoms with Crippen LogP contribution in [0.2, 0.25) is 5.15 Å². The topological polar surface area (TPSA) is 55.6 Å². The lowest BCUT2D eigenvalue weighted by Gasteiger charge is -2.24. The summed E-state index contributed by atoms with van der Waals surface area (Å²) in [5.41, 5.74) is 0. The van der Waals surface area contributed by atoms with Crippen LogP contribution in [-0.4, -0.2) is 45.4 Å². The minimum absolute atomic E-state index is 0.193. The van der Waals surface area contributed by atoms with Crippen molar-refractivity contribution in [3.05, 3.63) is 17.5 Å². The van der Waals surface area contributed by atoms with Crippen LogP contribution in [0.25, 0.3) is 5.78 Å². The van der Waals surface area contributed by atoms with Gasteiger partial charge in [0, 0.05) is 25.8 Å². The van der Waals surface area contributed by atoms with Crippen molar-refractivity contribution in [1.82, 2.24) is 19.6 Å². The van der Waals surface area contributed by atoms with Gasteiger partial charge in [-0.2, -0.15) is 19.6 Å². The Kier molecular flexibility index (Phi) is 3.05. The van der Waals surface area contributed by atoms with Gasteiger partial charge < -0.3 is 9.64 Å². The quantitative estimate of drug-likeness (QED) is 0.731. The third-order valence-corrected chi connectivity index (χ3v) is 3.17. The first-order chi connectivity index (χ1) is 8.74. The number of ether oxygens (including phenoxy) is 1. The fourth-order valence-electron chi connectivity index (χ4n) is 2.20. The van der Waals surface area contributed by atoms with Gasteiger partial charge in [0.1, 0.15) is 17.3 Å². The Labute approximate surface area is 110 Å². The fourth-order valence-corrected chi connectivity index (χ4v) is 2.37. The summed E-state index contributed by atoms with van der Waals surface area (Å²) in [5.74, 6) is 1.44. The Morgan fingerprint density at radius 1 is 1.50 bits per heavy atom. The Bertz CT molecular complexity index is 557. The predicted molar refractivity (Wildman–Crippen MR) is 68.0 cm³/mol. The molecule has 1 fully saturated rings. The molecule has 7 heteroatoms. The van der Waals surface area contributed by atoms with E-state index in [0.717, 1.165) is 31.9 Å². The number of anilines is 1. The zero-order valence-corrected chi connectivity index (χ0v) is 10.8. The highest BCUT2D eigenvalue weighted by atomic mass is 35.5. The lowest BCUT2D eigenvalue weighted by Crippen LogP contribution is -2.31. The van der Waals surface area contributed by atoms with Crippen molar-refractivity contribution in [3.8, 4) is 0 Å². The van der Waals surface area contributed by atoms with Gasteiger partial charge in [0.05, 0.1) is 6.10 Å². The molecule has 0 aromatic carbocycles. The molecule has 0 spiro atoms. The molecule has 0 aliphatic carbocycles. The molecule has 18 heavy (non-hydrogen) atoms. The minimum atomic E-state index is 0.193. The van der Waals surface area contributed by atoms with Crippen molar-refractivity contribution in [1.29, 1.82) is 0 Å². The second kappa shape index (κ2) is 4.70. The molecule has 1 saturated heterocycles. The van der Waals surface area contributed by atoms with E-state index in [1.165, 1.54) is 6.33 Å². The summed E-state index contributed by atoms with van der Waals surface area (Å²) in [6.07, 6.45) is 2.67. The zero-order valence-electron chi connectivity index (χ0n) is 10.1. The molecule has 0 N–H and O–H groups in total. The lowest BCUT2D eigenvalue weighted by molar-refractivity contribution is 0.0820. The minimum Gasteiger partial charge on any atom is -0.377 e. The van der Waals surface area contributed by atoms with Crippen LogP contribution in [0, 0.1) is 0 Å². The normalized spacial score (nSPS) is 21.2. The summed E-state index contributed by atoms with van der Waals surface area (Å²) in [6.45, 7) is 4.59. The zero-order chi connectivity index (χ0) is 12.5. The number of aromatic nitrogens is 4. The van der Waals surface area contributed by atoms with Gasteiger partial charge in [-0.05, 0) is 13.3 Å². The van der Waals surface area contributed by atoms with E-state index in [2.05, 4.69) is 26.9 Å². The van der Waals surface area contributed by atoms with Crippen molar-refractivity contribution in [2.24, 2.45) is 0 Å². The standard InChI is InChI=1S/C11H14ClN5O/c1-8-6-16(3-2-4-18-8)10-5-9(12)15-11-13-7-14-17(10)11/h5,7-8H,2-4,6H2,1H3. The largest absolute Gasteiger partial charge is 0.377 e. The van der Waals surface area contributed by atoms with Crippen molar-refractivity contribution < 1.29 is 4.74 Å². The Hall–Kier alpha value is -1.40. The van der Waals surface area contributed by atoms with Gasteiger partial charge in [0.15, 0.2) is 0 Å². The number of rotatable bonds is 1. The summed E-state index contributed by atoms with van der Waals surface area (Å²) < 4.78 is 7.35. The number of hydrogen-bond acceptors (Lipinski definition) is 5. The molecule has 0 bridgehead atoms. The molecule has 0 saturated carbocycles. The second-order valence-electron chi connectivity index (χ2n) is 4.39. The number of halogens is 1. The molecule has 3 rings (SSSR count). The molecule has 1 unspecified atom stereocenters. The van der Waals surface area contributed by atoms with Gasteiger partial charge in [-0.15, -0.1) is 0 Å². The second-order valence-corrected chi connectivity index (χ2v) is 4.78. The van der Waals surface area contributed by atoms with Crippen molar-refractivity contribution >= 4 is 23.2 Å².